The van der Waals surface area contributed by atoms with Crippen LogP contribution in [0.2, 0.25) is 5.02 Å². The van der Waals surface area contributed by atoms with E-state index >= 15 is 0 Å². The number of anilines is 2. The molecule has 5 aromatic rings. The normalized spacial score (nSPS) is 11.7. The average molecular weight is 816 g/mol. The molecule has 248 valence electrons. The lowest BCUT2D eigenvalue weighted by molar-refractivity contribution is -0.137. The van der Waals surface area contributed by atoms with Crippen LogP contribution in [0.4, 0.5) is 33.5 Å². The van der Waals surface area contributed by atoms with Gasteiger partial charge in [-0.25, -0.2) is 13.2 Å². The molecule has 0 aliphatic heterocycles. The van der Waals surface area contributed by atoms with Crippen LogP contribution in [-0.4, -0.2) is 34.7 Å². The Balaban J connectivity index is 1.77. The number of aromatic nitrogens is 2. The van der Waals surface area contributed by atoms with Gasteiger partial charge < -0.3 is 15.8 Å². The summed E-state index contributed by atoms with van der Waals surface area (Å²) in [5.74, 6) is -4.37. The van der Waals surface area contributed by atoms with E-state index in [-0.39, 0.29) is 63.5 Å². The van der Waals surface area contributed by atoms with E-state index in [1.807, 2.05) is 22.0 Å². The van der Waals surface area contributed by atoms with E-state index in [1.165, 1.54) is 35.8 Å². The summed E-state index contributed by atoms with van der Waals surface area (Å²) in [4.78, 5) is 40.0. The molecule has 0 spiro atoms. The zero-order valence-corrected chi connectivity index (χ0v) is 28.2. The Labute approximate surface area is 288 Å². The standard InChI is InChI=1S/C31H21ClF5IN5O4P/c1-42(30(46)21-5-3-2-4-15(21)14-44)28-25-26(43(41-28)48-38)17(13-39)10-23(27(25)47-24-12-19(33)6-7-22(24)32)40-29(45)16-8-18(31(35,36)37)11-20(34)9-16/h2-12,14,48H,13,39H2,1H3,(H,40,45). The van der Waals surface area contributed by atoms with Gasteiger partial charge in [0.2, 0.25) is 0 Å². The first-order valence-corrected chi connectivity index (χ1v) is 18.0. The Bertz CT molecular complexity index is 2100. The van der Waals surface area contributed by atoms with Gasteiger partial charge in [-0.2, -0.15) is 13.2 Å². The highest BCUT2D eigenvalue weighted by atomic mass is 127. The fraction of sp³-hybridized carbons (Fsp3) is 0.0968. The minimum Gasteiger partial charge on any atom is -0.453 e. The Morgan fingerprint density at radius 3 is 2.50 bits per heavy atom. The summed E-state index contributed by atoms with van der Waals surface area (Å²) in [6.07, 6.45) is -4.51. The van der Waals surface area contributed by atoms with Crippen molar-refractivity contribution < 1.29 is 41.1 Å². The Hall–Kier alpha value is -4.18. The largest absolute Gasteiger partial charge is 0.453 e. The molecule has 48 heavy (non-hydrogen) atoms. The molecule has 3 N–H and O–H groups in total. The summed E-state index contributed by atoms with van der Waals surface area (Å²) in [6, 6.07) is 12.0. The van der Waals surface area contributed by atoms with E-state index in [0.29, 0.717) is 29.5 Å². The van der Waals surface area contributed by atoms with Crippen LogP contribution in [0, 0.1) is 11.6 Å². The quantitative estimate of drug-likeness (QED) is 0.0668. The fourth-order valence-corrected chi connectivity index (χ4v) is 6.50. The van der Waals surface area contributed by atoms with Gasteiger partial charge in [0.15, 0.2) is 17.9 Å². The molecule has 0 aliphatic carbocycles. The average Bonchev–Trinajstić information content (AvgIpc) is 3.45. The number of ether oxygens (including phenoxy) is 1. The molecule has 2 amide bonds. The second-order valence-electron chi connectivity index (χ2n) is 10.1. The Morgan fingerprint density at radius 1 is 1.10 bits per heavy atom. The zero-order chi connectivity index (χ0) is 34.9. The van der Waals surface area contributed by atoms with E-state index in [4.69, 9.17) is 22.1 Å². The van der Waals surface area contributed by atoms with Crippen molar-refractivity contribution in [2.45, 2.75) is 12.7 Å². The first kappa shape index (κ1) is 35.1. The summed E-state index contributed by atoms with van der Waals surface area (Å²) >= 11 is 8.35. The molecule has 0 saturated carbocycles. The van der Waals surface area contributed by atoms with Crippen molar-refractivity contribution in [1.29, 1.82) is 0 Å². The van der Waals surface area contributed by atoms with Crippen molar-refractivity contribution in [3.05, 3.63) is 111 Å². The molecule has 0 radical (unpaired) electrons. The maximum Gasteiger partial charge on any atom is 0.416 e. The minimum atomic E-state index is -4.95. The topological polar surface area (TPSA) is 120 Å². The lowest BCUT2D eigenvalue weighted by Gasteiger charge is -2.20. The molecule has 1 heterocycles. The third-order valence-electron chi connectivity index (χ3n) is 7.04. The molecule has 1 unspecified atom stereocenters. The van der Waals surface area contributed by atoms with Gasteiger partial charge in [0.05, 0.1) is 39.1 Å². The molecule has 5 rings (SSSR count). The number of benzene rings is 4. The maximum atomic E-state index is 14.4. The summed E-state index contributed by atoms with van der Waals surface area (Å²) in [5, 5.41) is 7.07. The van der Waals surface area contributed by atoms with Crippen molar-refractivity contribution in [2.24, 2.45) is 5.73 Å². The van der Waals surface area contributed by atoms with E-state index in [9.17, 15) is 36.3 Å². The van der Waals surface area contributed by atoms with E-state index in [2.05, 4.69) is 10.4 Å². The Kier molecular flexibility index (Phi) is 10.3. The van der Waals surface area contributed by atoms with Crippen LogP contribution in [0.15, 0.2) is 66.7 Å². The number of amides is 2. The summed E-state index contributed by atoms with van der Waals surface area (Å²) in [5.41, 5.74) is 4.67. The van der Waals surface area contributed by atoms with Gasteiger partial charge in [0, 0.05) is 30.8 Å². The molecule has 17 heteroatoms. The Morgan fingerprint density at radius 2 is 1.83 bits per heavy atom. The molecule has 0 fully saturated rings. The highest BCUT2D eigenvalue weighted by Gasteiger charge is 2.33. The predicted molar refractivity (Wildman–Crippen MR) is 181 cm³/mol. The maximum absolute atomic E-state index is 14.4. The van der Waals surface area contributed by atoms with Crippen molar-refractivity contribution in [2.75, 3.05) is 17.3 Å². The monoisotopic (exact) mass is 815 g/mol. The van der Waals surface area contributed by atoms with Crippen LogP contribution in [0.25, 0.3) is 10.9 Å². The van der Waals surface area contributed by atoms with Crippen LogP contribution < -0.4 is 20.7 Å². The van der Waals surface area contributed by atoms with Crippen molar-refractivity contribution in [3.63, 3.8) is 0 Å². The second-order valence-corrected chi connectivity index (χ2v) is 12.5. The fourth-order valence-electron chi connectivity index (χ4n) is 4.82. The van der Waals surface area contributed by atoms with E-state index < -0.39 is 40.8 Å². The van der Waals surface area contributed by atoms with E-state index in [1.54, 1.807) is 12.1 Å². The van der Waals surface area contributed by atoms with Gasteiger partial charge in [-0.05, 0) is 70.1 Å². The van der Waals surface area contributed by atoms with Crippen LogP contribution in [0.1, 0.15) is 42.2 Å². The number of hydrogen-bond donors (Lipinski definition) is 2. The molecule has 4 aromatic carbocycles. The third kappa shape index (κ3) is 6.99. The van der Waals surface area contributed by atoms with Crippen molar-refractivity contribution in [3.8, 4) is 11.5 Å². The zero-order valence-electron chi connectivity index (χ0n) is 24.3. The first-order valence-electron chi connectivity index (χ1n) is 13.6. The molecule has 1 atom stereocenters. The highest BCUT2D eigenvalue weighted by Crippen LogP contribution is 2.47. The number of hydrogen-bond acceptors (Lipinski definition) is 6. The molecular weight excluding hydrogens is 795 g/mol. The second kappa shape index (κ2) is 14.1. The highest BCUT2D eigenvalue weighted by molar-refractivity contribution is 14.2. The number of nitrogens with one attached hydrogen (secondary N) is 1. The van der Waals surface area contributed by atoms with Crippen molar-refractivity contribution >= 4 is 80.5 Å². The third-order valence-corrected chi connectivity index (χ3v) is 9.21. The number of nitrogens with two attached hydrogens (primary N) is 1. The molecule has 0 saturated heterocycles. The number of halogens is 7. The number of fused-ring (bicyclic) bond motifs is 1. The van der Waals surface area contributed by atoms with Crippen LogP contribution in [0.3, 0.4) is 0 Å². The number of carbonyl (C=O) groups excluding carboxylic acids is 3. The lowest BCUT2D eigenvalue weighted by Crippen LogP contribution is -2.28. The van der Waals surface area contributed by atoms with Gasteiger partial charge >= 0.3 is 6.18 Å². The number of nitrogens with zero attached hydrogens (tertiary/aromatic N) is 3. The molecular formula is C31H21ClF5IN5O4P. The van der Waals surface area contributed by atoms with Crippen LogP contribution >= 0.6 is 40.0 Å². The summed E-state index contributed by atoms with van der Waals surface area (Å²) < 4.78 is 76.6. The van der Waals surface area contributed by atoms with Crippen LogP contribution in [-0.2, 0) is 12.7 Å². The van der Waals surface area contributed by atoms with Crippen LogP contribution in [0.5, 0.6) is 11.5 Å². The molecule has 1 aromatic heterocycles. The number of aldehydes is 1. The smallest absolute Gasteiger partial charge is 0.416 e. The molecule has 0 aliphatic rings. The summed E-state index contributed by atoms with van der Waals surface area (Å²) in [6.45, 7) is -0.156. The first-order chi connectivity index (χ1) is 22.8. The lowest BCUT2D eigenvalue weighted by atomic mass is 10.1. The number of carbonyl (C=O) groups is 3. The van der Waals surface area contributed by atoms with Gasteiger partial charge in [-0.15, -0.1) is 5.10 Å². The van der Waals surface area contributed by atoms with Gasteiger partial charge in [0.1, 0.15) is 17.4 Å². The molecule has 9 nitrogen and oxygen atoms in total. The summed E-state index contributed by atoms with van der Waals surface area (Å²) in [7, 11) is 1.38. The van der Waals surface area contributed by atoms with Gasteiger partial charge in [-0.1, -0.05) is 29.8 Å². The number of alkyl halides is 3. The van der Waals surface area contributed by atoms with Gasteiger partial charge in [0.25, 0.3) is 11.8 Å². The minimum absolute atomic E-state index is 0.0420. The molecule has 0 bridgehead atoms. The van der Waals surface area contributed by atoms with Gasteiger partial charge in [-0.3, -0.25) is 19.3 Å². The number of rotatable bonds is 9. The SMILES string of the molecule is CN(C(=O)c1ccccc1C=O)c1nn(PI)c2c(CN)cc(NC(=O)c3cc(F)cc(C(F)(F)F)c3)c(Oc3cc(F)ccc3Cl)c12. The van der Waals surface area contributed by atoms with Crippen molar-refractivity contribution in [1.82, 2.24) is 9.55 Å². The predicted octanol–water partition coefficient (Wildman–Crippen LogP) is 8.37. The van der Waals surface area contributed by atoms with E-state index in [0.717, 1.165) is 17.0 Å².